The van der Waals surface area contributed by atoms with Gasteiger partial charge in [0.2, 0.25) is 5.56 Å². The third-order valence-electron chi connectivity index (χ3n) is 2.87. The number of hydrogen-bond donors (Lipinski definition) is 2. The quantitative estimate of drug-likeness (QED) is 0.546. The van der Waals surface area contributed by atoms with E-state index in [1.807, 2.05) is 0 Å². The molecule has 1 aliphatic rings. The molecule has 0 unspecified atom stereocenters. The second-order valence-corrected chi connectivity index (χ2v) is 4.00. The fraction of sp³-hybridized carbons (Fsp3) is 0.556. The molecule has 6 heteroatoms. The zero-order valence-corrected chi connectivity index (χ0v) is 8.80. The van der Waals surface area contributed by atoms with Gasteiger partial charge in [-0.05, 0) is 31.4 Å². The minimum Gasteiger partial charge on any atom is -0.310 e. The van der Waals surface area contributed by atoms with Gasteiger partial charge in [0.25, 0.3) is 0 Å². The van der Waals surface area contributed by atoms with Crippen LogP contribution in [0.15, 0.2) is 9.59 Å². The van der Waals surface area contributed by atoms with Gasteiger partial charge in [0.05, 0.1) is 0 Å². The molecule has 2 N–H and O–H groups in total. The van der Waals surface area contributed by atoms with E-state index in [0.29, 0.717) is 12.0 Å². The fourth-order valence-electron chi connectivity index (χ4n) is 1.92. The Morgan fingerprint density at radius 2 is 1.87 bits per heavy atom. The first kappa shape index (κ1) is 10.2. The highest BCUT2D eigenvalue weighted by molar-refractivity contribution is 6.32. The van der Waals surface area contributed by atoms with Crippen LogP contribution in [0.3, 0.4) is 0 Å². The van der Waals surface area contributed by atoms with Gasteiger partial charge in [0.1, 0.15) is 7.85 Å². The summed E-state index contributed by atoms with van der Waals surface area (Å²) in [6.45, 7) is 2.77. The van der Waals surface area contributed by atoms with E-state index in [2.05, 4.69) is 14.9 Å². The number of likely N-dealkylation sites (tertiary alicyclic amines) is 1. The highest BCUT2D eigenvalue weighted by atomic mass is 16.2. The van der Waals surface area contributed by atoms with E-state index >= 15 is 0 Å². The van der Waals surface area contributed by atoms with Crippen LogP contribution in [0.1, 0.15) is 18.5 Å². The first-order chi connectivity index (χ1) is 7.16. The van der Waals surface area contributed by atoms with Crippen molar-refractivity contribution in [3.05, 3.63) is 26.5 Å². The van der Waals surface area contributed by atoms with Crippen LogP contribution in [0.25, 0.3) is 0 Å². The Hall–Kier alpha value is -1.30. The van der Waals surface area contributed by atoms with E-state index in [9.17, 15) is 9.59 Å². The summed E-state index contributed by atoms with van der Waals surface area (Å²) in [5.41, 5.74) is 0.653. The summed E-state index contributed by atoms with van der Waals surface area (Å²) in [5, 5.41) is 0. The third kappa shape index (κ3) is 2.20. The van der Waals surface area contributed by atoms with Crippen molar-refractivity contribution < 1.29 is 0 Å². The van der Waals surface area contributed by atoms with E-state index < -0.39 is 5.69 Å². The molecule has 1 fully saturated rings. The first-order valence-corrected chi connectivity index (χ1v) is 5.21. The molecule has 1 saturated heterocycles. The predicted octanol–water partition coefficient (Wildman–Crippen LogP) is -2.08. The first-order valence-electron chi connectivity index (χ1n) is 5.21. The van der Waals surface area contributed by atoms with E-state index in [4.69, 9.17) is 0 Å². The van der Waals surface area contributed by atoms with Crippen LogP contribution < -0.4 is 16.7 Å². The van der Waals surface area contributed by atoms with Crippen LogP contribution >= 0.6 is 0 Å². The number of nitrogens with zero attached hydrogens (tertiary/aromatic N) is 1. The molecule has 0 spiro atoms. The number of rotatable bonds is 2. The van der Waals surface area contributed by atoms with Crippen LogP contribution in [0.5, 0.6) is 0 Å². The largest absolute Gasteiger partial charge is 0.325 e. The van der Waals surface area contributed by atoms with E-state index in [-0.39, 0.29) is 5.56 Å². The third-order valence-corrected chi connectivity index (χ3v) is 2.87. The average molecular weight is 207 g/mol. The van der Waals surface area contributed by atoms with Gasteiger partial charge in [-0.25, -0.2) is 4.79 Å². The molecular formula is C9H14BN3O2. The zero-order chi connectivity index (χ0) is 10.8. The number of aromatic amines is 2. The number of H-pyrrole nitrogens is 2. The number of aromatic nitrogens is 2. The summed E-state index contributed by atoms with van der Waals surface area (Å²) in [7, 11) is 1.74. The Morgan fingerprint density at radius 3 is 2.53 bits per heavy atom. The molecule has 0 atom stereocenters. The summed E-state index contributed by atoms with van der Waals surface area (Å²) in [6.07, 6.45) is 2.40. The number of nitrogens with one attached hydrogen (secondary N) is 2. The lowest BCUT2D eigenvalue weighted by Crippen LogP contribution is -2.40. The van der Waals surface area contributed by atoms with Gasteiger partial charge in [-0.15, -0.1) is 0 Å². The molecule has 80 valence electrons. The molecule has 2 rings (SSSR count). The molecule has 1 aromatic heterocycles. The van der Waals surface area contributed by atoms with Crippen LogP contribution in [-0.4, -0.2) is 35.8 Å². The Labute approximate surface area is 87.9 Å². The van der Waals surface area contributed by atoms with Crippen LogP contribution in [-0.2, 0) is 6.54 Å². The Balaban J connectivity index is 2.27. The molecule has 0 amide bonds. The molecule has 2 heterocycles. The normalized spacial score (nSPS) is 17.1. The summed E-state index contributed by atoms with van der Waals surface area (Å²) < 4.78 is 0. The number of hydrogen-bond acceptors (Lipinski definition) is 3. The minimum atomic E-state index is -0.417. The van der Waals surface area contributed by atoms with E-state index in [0.717, 1.165) is 18.8 Å². The fourth-order valence-corrected chi connectivity index (χ4v) is 1.92. The maximum atomic E-state index is 11.3. The molecule has 0 saturated carbocycles. The average Bonchev–Trinajstić information content (AvgIpc) is 2.66. The van der Waals surface area contributed by atoms with Crippen molar-refractivity contribution in [3.8, 4) is 0 Å². The minimum absolute atomic E-state index is 0.284. The van der Waals surface area contributed by atoms with E-state index in [1.54, 1.807) is 7.85 Å². The topological polar surface area (TPSA) is 69.0 Å². The zero-order valence-electron chi connectivity index (χ0n) is 8.80. The van der Waals surface area contributed by atoms with Gasteiger partial charge >= 0.3 is 5.69 Å². The molecule has 0 aromatic carbocycles. The Bertz CT molecular complexity index is 459. The smallest absolute Gasteiger partial charge is 0.310 e. The van der Waals surface area contributed by atoms with Crippen LogP contribution in [0.4, 0.5) is 0 Å². The van der Waals surface area contributed by atoms with Gasteiger partial charge in [-0.1, -0.05) is 0 Å². The lowest BCUT2D eigenvalue weighted by Gasteiger charge is -2.15. The van der Waals surface area contributed by atoms with Crippen LogP contribution in [0.2, 0.25) is 0 Å². The Morgan fingerprint density at radius 1 is 1.20 bits per heavy atom. The van der Waals surface area contributed by atoms with Gasteiger partial charge in [0, 0.05) is 12.2 Å². The monoisotopic (exact) mass is 207 g/mol. The van der Waals surface area contributed by atoms with Gasteiger partial charge in [-0.3, -0.25) is 14.7 Å². The highest BCUT2D eigenvalue weighted by Gasteiger charge is 2.14. The standard InChI is InChI=1S/C9H14BN3O2/c10-7-6(5-13-3-1-2-4-13)11-9(15)12-8(7)14/h1-5,10H2,(H2,11,12,14,15). The molecule has 0 bridgehead atoms. The second kappa shape index (κ2) is 4.06. The molecule has 1 aliphatic heterocycles. The Kier molecular flexibility index (Phi) is 2.77. The summed E-state index contributed by atoms with van der Waals surface area (Å²) >= 11 is 0. The van der Waals surface area contributed by atoms with Crippen molar-refractivity contribution in [2.75, 3.05) is 13.1 Å². The van der Waals surface area contributed by atoms with Crippen molar-refractivity contribution in [3.63, 3.8) is 0 Å². The molecule has 0 radical (unpaired) electrons. The van der Waals surface area contributed by atoms with Crippen molar-refractivity contribution in [2.45, 2.75) is 19.4 Å². The molecule has 5 nitrogen and oxygen atoms in total. The van der Waals surface area contributed by atoms with Crippen molar-refractivity contribution in [1.82, 2.24) is 14.9 Å². The van der Waals surface area contributed by atoms with Gasteiger partial charge in [0.15, 0.2) is 0 Å². The maximum Gasteiger partial charge on any atom is 0.325 e. The lowest BCUT2D eigenvalue weighted by atomic mass is 9.95. The van der Waals surface area contributed by atoms with Crippen molar-refractivity contribution >= 4 is 13.3 Å². The molecular weight excluding hydrogens is 193 g/mol. The van der Waals surface area contributed by atoms with Crippen molar-refractivity contribution in [2.24, 2.45) is 0 Å². The second-order valence-electron chi connectivity index (χ2n) is 4.00. The van der Waals surface area contributed by atoms with Crippen molar-refractivity contribution in [1.29, 1.82) is 0 Å². The van der Waals surface area contributed by atoms with Gasteiger partial charge in [-0.2, -0.15) is 0 Å². The lowest BCUT2D eigenvalue weighted by molar-refractivity contribution is 0.327. The van der Waals surface area contributed by atoms with E-state index in [1.165, 1.54) is 12.8 Å². The molecule has 0 aliphatic carbocycles. The van der Waals surface area contributed by atoms with Crippen LogP contribution in [0, 0.1) is 0 Å². The molecule has 15 heavy (non-hydrogen) atoms. The predicted molar refractivity (Wildman–Crippen MR) is 60.4 cm³/mol. The maximum absolute atomic E-state index is 11.3. The highest BCUT2D eigenvalue weighted by Crippen LogP contribution is 2.08. The van der Waals surface area contributed by atoms with Gasteiger partial charge < -0.3 is 4.98 Å². The summed E-state index contributed by atoms with van der Waals surface area (Å²) in [6, 6.07) is 0. The SMILES string of the molecule is Bc1c(CN2CCCC2)[nH]c(=O)[nH]c1=O. The molecule has 1 aromatic rings. The summed E-state index contributed by atoms with van der Waals surface area (Å²) in [5.74, 6) is 0. The summed E-state index contributed by atoms with van der Waals surface area (Å²) in [4.78, 5) is 29.6.